The van der Waals surface area contributed by atoms with Crippen LogP contribution in [0.1, 0.15) is 37.0 Å². The number of hydrogen-bond donors (Lipinski definition) is 0. The van der Waals surface area contributed by atoms with Gasteiger partial charge in [-0.05, 0) is 30.0 Å². The fraction of sp³-hybridized carbons (Fsp3) is 0.529. The lowest BCUT2D eigenvalue weighted by molar-refractivity contribution is -0.517. The molecular formula is C17H22ClN3O4. The summed E-state index contributed by atoms with van der Waals surface area (Å²) < 4.78 is 0. The number of alkyl halides is 1. The molecule has 1 aromatic rings. The van der Waals surface area contributed by atoms with E-state index in [1.54, 1.807) is 6.92 Å². The summed E-state index contributed by atoms with van der Waals surface area (Å²) in [6.45, 7) is 4.57. The minimum absolute atomic E-state index is 0.285. The van der Waals surface area contributed by atoms with Gasteiger partial charge in [-0.3, -0.25) is 10.1 Å². The molecule has 25 heavy (non-hydrogen) atoms. The zero-order chi connectivity index (χ0) is 18.4. The summed E-state index contributed by atoms with van der Waals surface area (Å²) in [7, 11) is 0. The number of rotatable bonds is 8. The van der Waals surface area contributed by atoms with Crippen LogP contribution in [0.2, 0.25) is 0 Å². The van der Waals surface area contributed by atoms with E-state index < -0.39 is 12.0 Å². The quantitative estimate of drug-likeness (QED) is 0.232. The van der Waals surface area contributed by atoms with Gasteiger partial charge >= 0.3 is 5.97 Å². The minimum atomic E-state index is -0.662. The Morgan fingerprint density at radius 1 is 1.56 bits per heavy atom. The third-order valence-corrected chi connectivity index (χ3v) is 4.34. The first kappa shape index (κ1) is 19.2. The van der Waals surface area contributed by atoms with E-state index in [-0.39, 0.29) is 4.92 Å². The highest BCUT2D eigenvalue weighted by Gasteiger charge is 2.24. The van der Waals surface area contributed by atoms with Crippen molar-refractivity contribution in [3.8, 4) is 0 Å². The molecule has 1 heterocycles. The highest BCUT2D eigenvalue weighted by molar-refractivity contribution is 6.17. The number of anilines is 1. The molecule has 0 N–H and O–H groups in total. The normalized spacial score (nSPS) is 14.6. The standard InChI is InChI=1S/C17H22ClN3O4/c1-12(21(23)24)8-14-9-15-4-7-20(6-3-5-18)17(15)16(10-14)11-19-25-13(2)22/h9-12H,3-8H2,1-2H3/b19-11+. The molecule has 0 fully saturated rings. The molecule has 0 aromatic heterocycles. The van der Waals surface area contributed by atoms with Crippen LogP contribution < -0.4 is 4.90 Å². The Bertz CT molecular complexity index is 678. The summed E-state index contributed by atoms with van der Waals surface area (Å²) in [6, 6.07) is 3.24. The van der Waals surface area contributed by atoms with Gasteiger partial charge in [-0.15, -0.1) is 11.6 Å². The molecule has 0 saturated carbocycles. The van der Waals surface area contributed by atoms with E-state index in [9.17, 15) is 14.9 Å². The molecule has 8 heteroatoms. The first-order valence-corrected chi connectivity index (χ1v) is 8.77. The van der Waals surface area contributed by atoms with Gasteiger partial charge in [0.1, 0.15) is 0 Å². The predicted octanol–water partition coefficient (Wildman–Crippen LogP) is 2.78. The first-order valence-electron chi connectivity index (χ1n) is 8.23. The first-order chi connectivity index (χ1) is 11.9. The Kier molecular flexibility index (Phi) is 6.75. The molecule has 0 bridgehead atoms. The molecule has 0 aliphatic carbocycles. The van der Waals surface area contributed by atoms with Crippen molar-refractivity contribution in [2.75, 3.05) is 23.9 Å². The number of carbonyl (C=O) groups is 1. The van der Waals surface area contributed by atoms with Crippen LogP contribution in [0.25, 0.3) is 0 Å². The van der Waals surface area contributed by atoms with Crippen molar-refractivity contribution in [1.29, 1.82) is 0 Å². The smallest absolute Gasteiger partial charge is 0.331 e. The summed E-state index contributed by atoms with van der Waals surface area (Å²) in [5.74, 6) is 0.0891. The van der Waals surface area contributed by atoms with Gasteiger partial charge in [0.15, 0.2) is 0 Å². The average Bonchev–Trinajstić information content (AvgIpc) is 2.95. The van der Waals surface area contributed by atoms with E-state index in [2.05, 4.69) is 14.9 Å². The molecule has 7 nitrogen and oxygen atoms in total. The van der Waals surface area contributed by atoms with E-state index in [0.29, 0.717) is 12.3 Å². The minimum Gasteiger partial charge on any atom is -0.370 e. The Morgan fingerprint density at radius 3 is 2.96 bits per heavy atom. The SMILES string of the molecule is CC(=O)O/N=C/c1cc(CC(C)[N+](=O)[O-])cc2c1N(CCCCl)CC2. The van der Waals surface area contributed by atoms with Gasteiger partial charge in [0.05, 0.1) is 6.21 Å². The van der Waals surface area contributed by atoms with E-state index in [4.69, 9.17) is 11.6 Å². The van der Waals surface area contributed by atoms with Gasteiger partial charge in [-0.1, -0.05) is 11.2 Å². The maximum absolute atomic E-state index is 10.9. The van der Waals surface area contributed by atoms with Crippen LogP contribution in [-0.4, -0.2) is 42.1 Å². The van der Waals surface area contributed by atoms with Crippen LogP contribution in [0, 0.1) is 10.1 Å². The number of fused-ring (bicyclic) bond motifs is 1. The van der Waals surface area contributed by atoms with Crippen molar-refractivity contribution in [2.45, 2.75) is 39.2 Å². The molecule has 0 saturated heterocycles. The monoisotopic (exact) mass is 367 g/mol. The van der Waals surface area contributed by atoms with Crippen molar-refractivity contribution in [3.63, 3.8) is 0 Å². The fourth-order valence-corrected chi connectivity index (χ4v) is 3.11. The highest BCUT2D eigenvalue weighted by atomic mass is 35.5. The Hall–Kier alpha value is -2.15. The molecule has 1 atom stereocenters. The van der Waals surface area contributed by atoms with Gasteiger partial charge in [-0.25, -0.2) is 4.79 Å². The molecule has 1 aliphatic heterocycles. The molecule has 0 spiro atoms. The number of oxime groups is 1. The number of carbonyl (C=O) groups excluding carboxylic acids is 1. The van der Waals surface area contributed by atoms with Crippen LogP contribution in [-0.2, 0) is 22.5 Å². The third-order valence-electron chi connectivity index (χ3n) is 4.07. The summed E-state index contributed by atoms with van der Waals surface area (Å²) in [5, 5.41) is 14.7. The summed E-state index contributed by atoms with van der Waals surface area (Å²) in [5.41, 5.74) is 3.85. The van der Waals surface area contributed by atoms with E-state index in [1.165, 1.54) is 13.1 Å². The second-order valence-corrected chi connectivity index (χ2v) is 6.51. The van der Waals surface area contributed by atoms with Crippen LogP contribution in [0.3, 0.4) is 0 Å². The van der Waals surface area contributed by atoms with Gasteiger partial charge in [-0.2, -0.15) is 0 Å². The summed E-state index contributed by atoms with van der Waals surface area (Å²) in [6.07, 6.45) is 3.57. The molecule has 0 amide bonds. The second-order valence-electron chi connectivity index (χ2n) is 6.13. The van der Waals surface area contributed by atoms with Gasteiger partial charge in [0.2, 0.25) is 6.04 Å². The van der Waals surface area contributed by atoms with Crippen molar-refractivity contribution in [2.24, 2.45) is 5.16 Å². The number of halogens is 1. The number of nitrogens with zero attached hydrogens (tertiary/aromatic N) is 3. The number of nitro groups is 1. The largest absolute Gasteiger partial charge is 0.370 e. The lowest BCUT2D eigenvalue weighted by Crippen LogP contribution is -2.23. The molecule has 136 valence electrons. The number of benzene rings is 1. The van der Waals surface area contributed by atoms with Gasteiger partial charge < -0.3 is 9.74 Å². The Morgan fingerprint density at radius 2 is 2.32 bits per heavy atom. The predicted molar refractivity (Wildman–Crippen MR) is 97.2 cm³/mol. The van der Waals surface area contributed by atoms with Gasteiger partial charge in [0, 0.05) is 55.4 Å². The van der Waals surface area contributed by atoms with Crippen LogP contribution >= 0.6 is 11.6 Å². The Labute approximate surface area is 151 Å². The average molecular weight is 368 g/mol. The zero-order valence-electron chi connectivity index (χ0n) is 14.4. The van der Waals surface area contributed by atoms with Crippen molar-refractivity contribution >= 4 is 29.5 Å². The lowest BCUT2D eigenvalue weighted by atomic mass is 9.99. The van der Waals surface area contributed by atoms with Gasteiger partial charge in [0.25, 0.3) is 0 Å². The summed E-state index contributed by atoms with van der Waals surface area (Å²) in [4.78, 5) is 28.5. The number of hydrogen-bond acceptors (Lipinski definition) is 6. The lowest BCUT2D eigenvalue weighted by Gasteiger charge is -2.21. The Balaban J connectivity index is 2.33. The highest BCUT2D eigenvalue weighted by Crippen LogP contribution is 2.33. The maximum Gasteiger partial charge on any atom is 0.331 e. The molecule has 1 aliphatic rings. The van der Waals surface area contributed by atoms with Crippen molar-refractivity contribution in [1.82, 2.24) is 0 Å². The second kappa shape index (κ2) is 8.80. The van der Waals surface area contributed by atoms with E-state index in [1.807, 2.05) is 12.1 Å². The van der Waals surface area contributed by atoms with Crippen molar-refractivity contribution < 1.29 is 14.6 Å². The summed E-state index contributed by atoms with van der Waals surface area (Å²) >= 11 is 5.80. The topological polar surface area (TPSA) is 85.0 Å². The molecular weight excluding hydrogens is 346 g/mol. The van der Waals surface area contributed by atoms with Crippen LogP contribution in [0.4, 0.5) is 5.69 Å². The fourth-order valence-electron chi connectivity index (χ4n) is 2.99. The van der Waals surface area contributed by atoms with Crippen LogP contribution in [0.15, 0.2) is 17.3 Å². The molecule has 2 rings (SSSR count). The third kappa shape index (κ3) is 5.16. The maximum atomic E-state index is 10.9. The molecule has 1 aromatic carbocycles. The van der Waals surface area contributed by atoms with Crippen molar-refractivity contribution in [3.05, 3.63) is 38.9 Å². The van der Waals surface area contributed by atoms with E-state index in [0.717, 1.165) is 48.3 Å². The molecule has 1 unspecified atom stereocenters. The van der Waals surface area contributed by atoms with Crippen LogP contribution in [0.5, 0.6) is 0 Å². The molecule has 0 radical (unpaired) electrons. The zero-order valence-corrected chi connectivity index (χ0v) is 15.2. The van der Waals surface area contributed by atoms with E-state index >= 15 is 0 Å².